The zero-order chi connectivity index (χ0) is 16.1. The third-order valence-electron chi connectivity index (χ3n) is 2.61. The Morgan fingerprint density at radius 1 is 1.09 bits per heavy atom. The van der Waals surface area contributed by atoms with Crippen LogP contribution >= 0.6 is 0 Å². The standard InChI is InChI=1S/C15H9F2NO4/c16-11-4-1-10(2-5-11)3-8-15(19)22-14-9-12(17)6-7-13(14)18(20)21/h1-9H/b8-3+. The van der Waals surface area contributed by atoms with Gasteiger partial charge in [-0.25, -0.2) is 13.6 Å². The summed E-state index contributed by atoms with van der Waals surface area (Å²) in [4.78, 5) is 21.6. The van der Waals surface area contributed by atoms with E-state index in [2.05, 4.69) is 0 Å². The third-order valence-corrected chi connectivity index (χ3v) is 2.61. The number of carbonyl (C=O) groups excluding carboxylic acids is 1. The molecule has 0 saturated carbocycles. The summed E-state index contributed by atoms with van der Waals surface area (Å²) < 4.78 is 30.5. The Hall–Kier alpha value is -3.09. The number of halogens is 2. The second-order valence-electron chi connectivity index (χ2n) is 4.18. The lowest BCUT2D eigenvalue weighted by atomic mass is 10.2. The molecule has 0 saturated heterocycles. The van der Waals surface area contributed by atoms with Crippen LogP contribution in [-0.4, -0.2) is 10.9 Å². The second-order valence-corrected chi connectivity index (χ2v) is 4.18. The number of benzene rings is 2. The molecule has 0 aliphatic heterocycles. The van der Waals surface area contributed by atoms with Gasteiger partial charge in [0.2, 0.25) is 5.75 Å². The minimum Gasteiger partial charge on any atom is -0.416 e. The largest absolute Gasteiger partial charge is 0.416 e. The van der Waals surface area contributed by atoms with Gasteiger partial charge in [-0.3, -0.25) is 10.1 Å². The Kier molecular flexibility index (Phi) is 4.57. The Bertz CT molecular complexity index is 742. The summed E-state index contributed by atoms with van der Waals surface area (Å²) in [5.41, 5.74) is 0.0111. The molecule has 0 heterocycles. The molecule has 0 amide bonds. The lowest BCUT2D eigenvalue weighted by Gasteiger charge is -2.02. The first-order valence-electron chi connectivity index (χ1n) is 6.05. The number of rotatable bonds is 4. The first-order valence-corrected chi connectivity index (χ1v) is 6.05. The normalized spacial score (nSPS) is 10.6. The van der Waals surface area contributed by atoms with Gasteiger partial charge in [0.25, 0.3) is 0 Å². The van der Waals surface area contributed by atoms with Crippen LogP contribution in [0.5, 0.6) is 5.75 Å². The van der Waals surface area contributed by atoms with Crippen LogP contribution in [0.15, 0.2) is 48.5 Å². The van der Waals surface area contributed by atoms with E-state index in [0.717, 1.165) is 24.3 Å². The lowest BCUT2D eigenvalue weighted by molar-refractivity contribution is -0.385. The molecule has 0 spiro atoms. The molecule has 0 atom stereocenters. The van der Waals surface area contributed by atoms with Crippen molar-refractivity contribution in [2.75, 3.05) is 0 Å². The van der Waals surface area contributed by atoms with Crippen molar-refractivity contribution < 1.29 is 23.2 Å². The summed E-state index contributed by atoms with van der Waals surface area (Å²) in [5.74, 6) is -2.59. The average molecular weight is 305 g/mol. The number of hydrogen-bond acceptors (Lipinski definition) is 4. The van der Waals surface area contributed by atoms with Gasteiger partial charge >= 0.3 is 11.7 Å². The zero-order valence-corrected chi connectivity index (χ0v) is 11.0. The maximum Gasteiger partial charge on any atom is 0.336 e. The van der Waals surface area contributed by atoms with Crippen molar-refractivity contribution in [1.82, 2.24) is 0 Å². The third kappa shape index (κ3) is 3.95. The molecule has 0 aromatic heterocycles. The fourth-order valence-corrected chi connectivity index (χ4v) is 1.60. The maximum absolute atomic E-state index is 13.1. The number of carbonyl (C=O) groups is 1. The summed E-state index contributed by atoms with van der Waals surface area (Å²) in [6.45, 7) is 0. The zero-order valence-electron chi connectivity index (χ0n) is 11.0. The molecule has 0 aliphatic carbocycles. The number of ether oxygens (including phenoxy) is 1. The molecule has 0 N–H and O–H groups in total. The highest BCUT2D eigenvalue weighted by Gasteiger charge is 2.17. The molecule has 112 valence electrons. The number of nitro groups is 1. The summed E-state index contributed by atoms with van der Waals surface area (Å²) in [7, 11) is 0. The van der Waals surface area contributed by atoms with Crippen molar-refractivity contribution in [2.24, 2.45) is 0 Å². The molecule has 0 bridgehead atoms. The Morgan fingerprint density at radius 2 is 1.73 bits per heavy atom. The molecule has 0 fully saturated rings. The Labute approximate surface area is 123 Å². The van der Waals surface area contributed by atoms with E-state index in [4.69, 9.17) is 4.74 Å². The fourth-order valence-electron chi connectivity index (χ4n) is 1.60. The van der Waals surface area contributed by atoms with E-state index < -0.39 is 34.0 Å². The van der Waals surface area contributed by atoms with Crippen molar-refractivity contribution >= 4 is 17.7 Å². The summed E-state index contributed by atoms with van der Waals surface area (Å²) in [6.07, 6.45) is 2.34. The van der Waals surface area contributed by atoms with Crippen molar-refractivity contribution in [1.29, 1.82) is 0 Å². The van der Waals surface area contributed by atoms with Crippen LogP contribution in [0.25, 0.3) is 6.08 Å². The molecule has 2 rings (SSSR count). The molecule has 0 aliphatic rings. The number of hydrogen-bond donors (Lipinski definition) is 0. The van der Waals surface area contributed by atoms with E-state index in [1.807, 2.05) is 0 Å². The lowest BCUT2D eigenvalue weighted by Crippen LogP contribution is -2.06. The molecular weight excluding hydrogens is 296 g/mol. The van der Waals surface area contributed by atoms with Gasteiger partial charge in [-0.15, -0.1) is 0 Å². The van der Waals surface area contributed by atoms with Crippen LogP contribution in [0.4, 0.5) is 14.5 Å². The molecule has 0 radical (unpaired) electrons. The number of nitro benzene ring substituents is 1. The molecule has 22 heavy (non-hydrogen) atoms. The molecule has 7 heteroatoms. The van der Waals surface area contributed by atoms with Gasteiger partial charge in [-0.1, -0.05) is 12.1 Å². The van der Waals surface area contributed by atoms with Gasteiger partial charge in [-0.2, -0.15) is 0 Å². The second kappa shape index (κ2) is 6.57. The van der Waals surface area contributed by atoms with Crippen molar-refractivity contribution in [2.45, 2.75) is 0 Å². The van der Waals surface area contributed by atoms with Crippen molar-refractivity contribution in [3.05, 3.63) is 75.9 Å². The van der Waals surface area contributed by atoms with Crippen molar-refractivity contribution in [3.8, 4) is 5.75 Å². The molecule has 2 aromatic carbocycles. The minimum absolute atomic E-state index is 0.421. The van der Waals surface area contributed by atoms with Crippen LogP contribution in [0, 0.1) is 21.7 Å². The summed E-state index contributed by atoms with van der Waals surface area (Å²) in [5, 5.41) is 10.8. The highest BCUT2D eigenvalue weighted by atomic mass is 19.1. The smallest absolute Gasteiger partial charge is 0.336 e. The van der Waals surface area contributed by atoms with E-state index in [1.54, 1.807) is 0 Å². The van der Waals surface area contributed by atoms with E-state index in [0.29, 0.717) is 5.56 Å². The van der Waals surface area contributed by atoms with Crippen LogP contribution in [-0.2, 0) is 4.79 Å². The average Bonchev–Trinajstić information content (AvgIpc) is 2.46. The van der Waals surface area contributed by atoms with Crippen LogP contribution in [0.3, 0.4) is 0 Å². The predicted octanol–water partition coefficient (Wildman–Crippen LogP) is 3.49. The summed E-state index contributed by atoms with van der Waals surface area (Å²) >= 11 is 0. The Balaban J connectivity index is 2.13. The quantitative estimate of drug-likeness (QED) is 0.285. The van der Waals surface area contributed by atoms with Gasteiger partial charge in [-0.05, 0) is 29.8 Å². The number of nitrogens with zero attached hydrogens (tertiary/aromatic N) is 1. The van der Waals surface area contributed by atoms with Crippen molar-refractivity contribution in [3.63, 3.8) is 0 Å². The van der Waals surface area contributed by atoms with Gasteiger partial charge in [0.1, 0.15) is 11.6 Å². The molecule has 5 nitrogen and oxygen atoms in total. The highest BCUT2D eigenvalue weighted by Crippen LogP contribution is 2.27. The van der Waals surface area contributed by atoms with Gasteiger partial charge < -0.3 is 4.74 Å². The van der Waals surface area contributed by atoms with Gasteiger partial charge in [0.15, 0.2) is 0 Å². The SMILES string of the molecule is O=C(/C=C/c1ccc(F)cc1)Oc1cc(F)ccc1[N+](=O)[O-]. The topological polar surface area (TPSA) is 69.4 Å². The van der Waals surface area contributed by atoms with Crippen LogP contribution < -0.4 is 4.74 Å². The van der Waals surface area contributed by atoms with Gasteiger partial charge in [0.05, 0.1) is 4.92 Å². The molecule has 0 unspecified atom stereocenters. The fraction of sp³-hybridized carbons (Fsp3) is 0. The Morgan fingerprint density at radius 3 is 2.36 bits per heavy atom. The molecular formula is C15H9F2NO4. The predicted molar refractivity (Wildman–Crippen MR) is 74.1 cm³/mol. The maximum atomic E-state index is 13.1. The first kappa shape index (κ1) is 15.3. The van der Waals surface area contributed by atoms with E-state index >= 15 is 0 Å². The minimum atomic E-state index is -0.918. The molecule has 2 aromatic rings. The van der Waals surface area contributed by atoms with E-state index in [9.17, 15) is 23.7 Å². The van der Waals surface area contributed by atoms with E-state index in [-0.39, 0.29) is 0 Å². The highest BCUT2D eigenvalue weighted by molar-refractivity contribution is 5.89. The first-order chi connectivity index (χ1) is 10.5. The van der Waals surface area contributed by atoms with E-state index in [1.165, 1.54) is 30.3 Å². The van der Waals surface area contributed by atoms with Gasteiger partial charge in [0, 0.05) is 18.2 Å². The monoisotopic (exact) mass is 305 g/mol. The van der Waals surface area contributed by atoms with Crippen LogP contribution in [0.1, 0.15) is 5.56 Å². The summed E-state index contributed by atoms with van der Waals surface area (Å²) in [6, 6.07) is 7.84. The van der Waals surface area contributed by atoms with Crippen LogP contribution in [0.2, 0.25) is 0 Å². The number of esters is 1.